The lowest BCUT2D eigenvalue weighted by atomic mass is 10.0. The molecular weight excluding hydrogens is 400 g/mol. The molecule has 0 aliphatic rings. The second-order valence-electron chi connectivity index (χ2n) is 8.33. The van der Waals surface area contributed by atoms with E-state index in [0.717, 1.165) is 5.56 Å². The minimum atomic E-state index is -1.14. The molecule has 0 saturated heterocycles. The minimum Gasteiger partial charge on any atom is -0.480 e. The van der Waals surface area contributed by atoms with E-state index in [1.165, 1.54) is 0 Å². The van der Waals surface area contributed by atoms with Crippen LogP contribution in [-0.2, 0) is 25.6 Å². The second kappa shape index (κ2) is 12.7. The van der Waals surface area contributed by atoms with Crippen LogP contribution in [0.15, 0.2) is 30.3 Å². The molecule has 0 unspecified atom stereocenters. The highest BCUT2D eigenvalue weighted by Crippen LogP contribution is 2.08. The molecule has 0 bridgehead atoms. The molecule has 0 spiro atoms. The Bertz CT molecular complexity index is 752. The van der Waals surface area contributed by atoms with Crippen LogP contribution in [0.25, 0.3) is 0 Å². The number of carbonyl (C=O) groups excluding carboxylic acids is 3. The number of nitrogens with two attached hydrogens (primary N) is 1. The largest absolute Gasteiger partial charge is 0.480 e. The van der Waals surface area contributed by atoms with E-state index in [4.69, 9.17) is 5.73 Å². The van der Waals surface area contributed by atoms with Crippen molar-refractivity contribution in [3.8, 4) is 0 Å². The summed E-state index contributed by atoms with van der Waals surface area (Å²) in [4.78, 5) is 48.7. The van der Waals surface area contributed by atoms with Crippen LogP contribution in [0, 0.1) is 11.8 Å². The molecule has 9 heteroatoms. The zero-order valence-electron chi connectivity index (χ0n) is 18.6. The van der Waals surface area contributed by atoms with Gasteiger partial charge in [0.25, 0.3) is 0 Å². The van der Waals surface area contributed by atoms with Crippen molar-refractivity contribution in [2.24, 2.45) is 17.6 Å². The summed E-state index contributed by atoms with van der Waals surface area (Å²) >= 11 is 0. The molecule has 9 nitrogen and oxygen atoms in total. The lowest BCUT2D eigenvalue weighted by Crippen LogP contribution is -2.54. The van der Waals surface area contributed by atoms with Crippen LogP contribution >= 0.6 is 0 Å². The number of nitrogens with one attached hydrogen (secondary N) is 3. The van der Waals surface area contributed by atoms with E-state index in [1.54, 1.807) is 38.1 Å². The molecular formula is C22H34N4O5. The Morgan fingerprint density at radius 2 is 1.55 bits per heavy atom. The Morgan fingerprint density at radius 3 is 2.06 bits per heavy atom. The van der Waals surface area contributed by atoms with Gasteiger partial charge in [0, 0.05) is 6.42 Å². The van der Waals surface area contributed by atoms with Crippen molar-refractivity contribution in [1.82, 2.24) is 16.0 Å². The maximum atomic E-state index is 12.8. The number of carboxylic acid groups (broad SMARTS) is 1. The van der Waals surface area contributed by atoms with Gasteiger partial charge in [0.2, 0.25) is 17.7 Å². The van der Waals surface area contributed by atoms with Crippen LogP contribution in [0.4, 0.5) is 0 Å². The molecule has 0 aliphatic carbocycles. The Hall–Kier alpha value is -2.94. The zero-order chi connectivity index (χ0) is 23.6. The average Bonchev–Trinajstić information content (AvgIpc) is 2.70. The van der Waals surface area contributed by atoms with Gasteiger partial charge in [-0.25, -0.2) is 4.79 Å². The smallest absolute Gasteiger partial charge is 0.326 e. The minimum absolute atomic E-state index is 0.0592. The van der Waals surface area contributed by atoms with Crippen molar-refractivity contribution in [3.05, 3.63) is 35.9 Å². The van der Waals surface area contributed by atoms with E-state index < -0.39 is 41.8 Å². The highest BCUT2D eigenvalue weighted by molar-refractivity contribution is 5.92. The molecule has 0 heterocycles. The predicted molar refractivity (Wildman–Crippen MR) is 117 cm³/mol. The van der Waals surface area contributed by atoms with Gasteiger partial charge in [0.05, 0.1) is 12.6 Å². The van der Waals surface area contributed by atoms with Crippen LogP contribution < -0.4 is 21.7 Å². The first-order chi connectivity index (χ1) is 14.5. The summed E-state index contributed by atoms with van der Waals surface area (Å²) in [6.45, 7) is 6.96. The van der Waals surface area contributed by atoms with E-state index in [1.807, 2.05) is 19.9 Å². The fraction of sp³-hybridized carbons (Fsp3) is 0.545. The summed E-state index contributed by atoms with van der Waals surface area (Å²) in [5.74, 6) is -2.80. The average molecular weight is 435 g/mol. The zero-order valence-corrected chi connectivity index (χ0v) is 18.6. The second-order valence-corrected chi connectivity index (χ2v) is 8.33. The third kappa shape index (κ3) is 9.61. The van der Waals surface area contributed by atoms with Gasteiger partial charge in [0.15, 0.2) is 0 Å². The van der Waals surface area contributed by atoms with Crippen LogP contribution in [0.3, 0.4) is 0 Å². The molecule has 0 aliphatic heterocycles. The summed E-state index contributed by atoms with van der Waals surface area (Å²) in [5, 5.41) is 17.0. The van der Waals surface area contributed by atoms with E-state index in [9.17, 15) is 24.3 Å². The van der Waals surface area contributed by atoms with Crippen molar-refractivity contribution >= 4 is 23.7 Å². The SMILES string of the molecule is CC(C)C[C@H](NC(=O)[C@H](Cc1ccccc1)NC(=O)CNC(=O)[C@@H](N)C(C)C)C(=O)O. The first-order valence-corrected chi connectivity index (χ1v) is 10.4. The molecule has 1 rings (SSSR count). The van der Waals surface area contributed by atoms with Gasteiger partial charge in [-0.05, 0) is 23.8 Å². The van der Waals surface area contributed by atoms with Crippen LogP contribution in [0.5, 0.6) is 0 Å². The van der Waals surface area contributed by atoms with Crippen LogP contribution in [0.1, 0.15) is 39.7 Å². The third-order valence-electron chi connectivity index (χ3n) is 4.70. The van der Waals surface area contributed by atoms with Gasteiger partial charge < -0.3 is 26.8 Å². The number of hydrogen-bond donors (Lipinski definition) is 5. The van der Waals surface area contributed by atoms with Gasteiger partial charge in [-0.2, -0.15) is 0 Å². The molecule has 0 saturated carbocycles. The fourth-order valence-corrected chi connectivity index (χ4v) is 2.86. The van der Waals surface area contributed by atoms with Crippen molar-refractivity contribution in [2.45, 2.75) is 58.7 Å². The Morgan fingerprint density at radius 1 is 0.935 bits per heavy atom. The lowest BCUT2D eigenvalue weighted by molar-refractivity contribution is -0.142. The lowest BCUT2D eigenvalue weighted by Gasteiger charge is -2.23. The quantitative estimate of drug-likeness (QED) is 0.322. The number of hydrogen-bond acceptors (Lipinski definition) is 5. The number of amides is 3. The summed E-state index contributed by atoms with van der Waals surface area (Å²) in [5.41, 5.74) is 6.55. The normalized spacial score (nSPS) is 13.9. The molecule has 6 N–H and O–H groups in total. The standard InChI is InChI=1S/C22H34N4O5/c1-13(2)10-17(22(30)31)26-20(28)16(11-15-8-6-5-7-9-15)25-18(27)12-24-21(29)19(23)14(3)4/h5-9,13-14,16-17,19H,10-12,23H2,1-4H3,(H,24,29)(H,25,27)(H,26,28)(H,30,31)/t16-,17-,19-/m0/s1. The van der Waals surface area contributed by atoms with Crippen molar-refractivity contribution in [1.29, 1.82) is 0 Å². The predicted octanol–water partition coefficient (Wildman–Crippen LogP) is 0.429. The fourth-order valence-electron chi connectivity index (χ4n) is 2.86. The molecule has 0 aromatic heterocycles. The molecule has 172 valence electrons. The number of rotatable bonds is 12. The van der Waals surface area contributed by atoms with Gasteiger partial charge in [0.1, 0.15) is 12.1 Å². The monoisotopic (exact) mass is 434 g/mol. The molecule has 3 amide bonds. The molecule has 31 heavy (non-hydrogen) atoms. The van der Waals surface area contributed by atoms with Crippen LogP contribution in [0.2, 0.25) is 0 Å². The van der Waals surface area contributed by atoms with Crippen molar-refractivity contribution < 1.29 is 24.3 Å². The van der Waals surface area contributed by atoms with Crippen molar-refractivity contribution in [3.63, 3.8) is 0 Å². The topological polar surface area (TPSA) is 151 Å². The molecule has 1 aromatic carbocycles. The van der Waals surface area contributed by atoms with E-state index in [-0.39, 0.29) is 31.2 Å². The highest BCUT2D eigenvalue weighted by atomic mass is 16.4. The van der Waals surface area contributed by atoms with E-state index in [2.05, 4.69) is 16.0 Å². The first-order valence-electron chi connectivity index (χ1n) is 10.4. The van der Waals surface area contributed by atoms with Gasteiger partial charge >= 0.3 is 5.97 Å². The van der Waals surface area contributed by atoms with E-state index in [0.29, 0.717) is 0 Å². The van der Waals surface area contributed by atoms with Crippen LogP contribution in [-0.4, -0.2) is 53.5 Å². The Labute approximate surface area is 183 Å². The van der Waals surface area contributed by atoms with Gasteiger partial charge in [-0.1, -0.05) is 58.0 Å². The van der Waals surface area contributed by atoms with Gasteiger partial charge in [-0.3, -0.25) is 14.4 Å². The highest BCUT2D eigenvalue weighted by Gasteiger charge is 2.27. The number of aliphatic carboxylic acids is 1. The maximum Gasteiger partial charge on any atom is 0.326 e. The number of benzene rings is 1. The summed E-state index contributed by atoms with van der Waals surface area (Å²) in [6, 6.07) is 6.23. The maximum absolute atomic E-state index is 12.8. The summed E-state index contributed by atoms with van der Waals surface area (Å²) in [6.07, 6.45) is 0.433. The molecule has 0 fully saturated rings. The Balaban J connectivity index is 2.85. The molecule has 0 radical (unpaired) electrons. The summed E-state index contributed by atoms with van der Waals surface area (Å²) in [7, 11) is 0. The Kier molecular flexibility index (Phi) is 10.7. The van der Waals surface area contributed by atoms with Gasteiger partial charge in [-0.15, -0.1) is 0 Å². The van der Waals surface area contributed by atoms with E-state index >= 15 is 0 Å². The number of carboxylic acids is 1. The third-order valence-corrected chi connectivity index (χ3v) is 4.70. The molecule has 3 atom stereocenters. The summed E-state index contributed by atoms with van der Waals surface area (Å²) < 4.78 is 0. The van der Waals surface area contributed by atoms with Crippen molar-refractivity contribution in [2.75, 3.05) is 6.54 Å². The molecule has 1 aromatic rings. The first kappa shape index (κ1) is 26.1. The number of carbonyl (C=O) groups is 4.